The molecule has 0 bridgehead atoms. The van der Waals surface area contributed by atoms with E-state index in [-0.39, 0.29) is 17.6 Å². The third-order valence-electron chi connectivity index (χ3n) is 8.73. The van der Waals surface area contributed by atoms with Gasteiger partial charge in [0.25, 0.3) is 0 Å². The first-order valence-corrected chi connectivity index (χ1v) is 15.1. The Labute approximate surface area is 251 Å². The van der Waals surface area contributed by atoms with E-state index < -0.39 is 0 Å². The van der Waals surface area contributed by atoms with Gasteiger partial charge < -0.3 is 9.80 Å². The van der Waals surface area contributed by atoms with Crippen LogP contribution in [0, 0.1) is 25.6 Å². The van der Waals surface area contributed by atoms with E-state index in [4.69, 9.17) is 15.1 Å². The molecule has 2 aromatic heterocycles. The summed E-state index contributed by atoms with van der Waals surface area (Å²) in [6.07, 6.45) is 2.37. The summed E-state index contributed by atoms with van der Waals surface area (Å²) in [4.78, 5) is 28.0. The van der Waals surface area contributed by atoms with Crippen molar-refractivity contribution in [2.45, 2.75) is 39.0 Å². The van der Waals surface area contributed by atoms with Crippen molar-refractivity contribution in [1.82, 2.24) is 24.6 Å². The number of fused-ring (bicyclic) bond motifs is 1. The summed E-state index contributed by atoms with van der Waals surface area (Å²) in [5.41, 5.74) is 5.86. The molecule has 1 amide bonds. The molecule has 7 rings (SSSR count). The first-order chi connectivity index (χ1) is 20.9. The number of aromatic nitrogens is 4. The average Bonchev–Trinajstić information content (AvgIpc) is 3.80. The van der Waals surface area contributed by atoms with Gasteiger partial charge in [0.2, 0.25) is 5.91 Å². The maximum absolute atomic E-state index is 13.8. The third kappa shape index (κ3) is 5.49. The van der Waals surface area contributed by atoms with Gasteiger partial charge in [-0.05, 0) is 68.0 Å². The van der Waals surface area contributed by atoms with Gasteiger partial charge in [-0.15, -0.1) is 0 Å². The lowest BCUT2D eigenvalue weighted by Crippen LogP contribution is -2.36. The highest BCUT2D eigenvalue weighted by Crippen LogP contribution is 2.48. The number of amides is 1. The fourth-order valence-electron chi connectivity index (χ4n) is 6.28. The van der Waals surface area contributed by atoms with Crippen LogP contribution < -0.4 is 4.90 Å². The van der Waals surface area contributed by atoms with Gasteiger partial charge in [-0.2, -0.15) is 5.10 Å². The number of nitrogens with zero attached hydrogens (tertiary/aromatic N) is 6. The van der Waals surface area contributed by atoms with Gasteiger partial charge in [0, 0.05) is 38.5 Å². The average molecular weight is 575 g/mol. The van der Waals surface area contributed by atoms with Crippen LogP contribution in [0.5, 0.6) is 0 Å². The Morgan fingerprint density at radius 1 is 0.884 bits per heavy atom. The lowest BCUT2D eigenvalue weighted by Gasteiger charge is -2.24. The number of halogens is 1. The van der Waals surface area contributed by atoms with Gasteiger partial charge in [-0.3, -0.25) is 4.79 Å². The van der Waals surface area contributed by atoms with Crippen LogP contribution in [-0.4, -0.2) is 56.7 Å². The predicted molar refractivity (Wildman–Crippen MR) is 166 cm³/mol. The van der Waals surface area contributed by atoms with Gasteiger partial charge in [0.1, 0.15) is 17.5 Å². The summed E-state index contributed by atoms with van der Waals surface area (Å²) in [5.74, 6) is 1.94. The second kappa shape index (κ2) is 11.2. The Bertz CT molecular complexity index is 1770. The number of aryl methyl sites for hydroxylation is 2. The summed E-state index contributed by atoms with van der Waals surface area (Å²) in [5, 5.41) is 5.73. The monoisotopic (exact) mass is 574 g/mol. The van der Waals surface area contributed by atoms with Crippen molar-refractivity contribution >= 4 is 22.8 Å². The Hall–Kier alpha value is -4.59. The van der Waals surface area contributed by atoms with E-state index in [1.807, 2.05) is 17.9 Å². The molecule has 1 saturated heterocycles. The van der Waals surface area contributed by atoms with Crippen molar-refractivity contribution < 1.29 is 9.18 Å². The molecule has 2 fully saturated rings. The molecule has 1 aliphatic heterocycles. The van der Waals surface area contributed by atoms with Crippen LogP contribution in [0.15, 0.2) is 78.9 Å². The van der Waals surface area contributed by atoms with E-state index >= 15 is 0 Å². The molecule has 2 atom stereocenters. The van der Waals surface area contributed by atoms with Crippen LogP contribution in [0.3, 0.4) is 0 Å². The highest BCUT2D eigenvalue weighted by atomic mass is 19.1. The molecule has 1 saturated carbocycles. The van der Waals surface area contributed by atoms with Gasteiger partial charge in [0.05, 0.1) is 16.8 Å². The summed E-state index contributed by atoms with van der Waals surface area (Å²) in [7, 11) is 0. The fourth-order valence-corrected chi connectivity index (χ4v) is 6.28. The minimum absolute atomic E-state index is 0.0806. The van der Waals surface area contributed by atoms with E-state index in [0.29, 0.717) is 36.9 Å². The largest absolute Gasteiger partial charge is 0.354 e. The fraction of sp³-hybridized carbons (Fsp3) is 0.314. The van der Waals surface area contributed by atoms with E-state index in [2.05, 4.69) is 60.4 Å². The van der Waals surface area contributed by atoms with Gasteiger partial charge in [-0.1, -0.05) is 60.2 Å². The number of carbonyl (C=O) groups excluding carboxylic acids is 1. The smallest absolute Gasteiger partial charge is 0.226 e. The minimum atomic E-state index is -0.294. The van der Waals surface area contributed by atoms with E-state index in [0.717, 1.165) is 54.1 Å². The van der Waals surface area contributed by atoms with Crippen molar-refractivity contribution in [3.05, 3.63) is 113 Å². The molecule has 3 aromatic carbocycles. The molecule has 0 radical (unpaired) electrons. The first-order valence-electron chi connectivity index (χ1n) is 15.1. The molecule has 2 aliphatic rings. The van der Waals surface area contributed by atoms with Gasteiger partial charge in [0.15, 0.2) is 5.65 Å². The summed E-state index contributed by atoms with van der Waals surface area (Å²) in [6, 6.07) is 25.1. The van der Waals surface area contributed by atoms with Crippen LogP contribution in [0.4, 0.5) is 10.2 Å². The van der Waals surface area contributed by atoms with E-state index in [1.54, 1.807) is 16.8 Å². The highest BCUT2D eigenvalue weighted by molar-refractivity contribution is 5.91. The summed E-state index contributed by atoms with van der Waals surface area (Å²) in [6.45, 7) is 6.91. The first kappa shape index (κ1) is 27.3. The number of rotatable bonds is 6. The van der Waals surface area contributed by atoms with Gasteiger partial charge >= 0.3 is 0 Å². The zero-order chi connectivity index (χ0) is 29.5. The van der Waals surface area contributed by atoms with Gasteiger partial charge in [-0.25, -0.2) is 19.0 Å². The van der Waals surface area contributed by atoms with Crippen LogP contribution in [0.25, 0.3) is 16.7 Å². The molecular weight excluding hydrogens is 539 g/mol. The summed E-state index contributed by atoms with van der Waals surface area (Å²) < 4.78 is 15.6. The molecule has 7 nitrogen and oxygen atoms in total. The maximum Gasteiger partial charge on any atom is 0.226 e. The number of hydrogen-bond donors (Lipinski definition) is 0. The number of carbonyl (C=O) groups is 1. The van der Waals surface area contributed by atoms with Crippen molar-refractivity contribution in [2.75, 3.05) is 31.1 Å². The second-order valence-electron chi connectivity index (χ2n) is 11.8. The third-order valence-corrected chi connectivity index (χ3v) is 8.73. The molecule has 218 valence electrons. The SMILES string of the molecule is Cc1ccc(Cc2nc(N3CCCN(C(=O)C4C[C@H]4c4ccccc4)CC3)c3c(C)nn(-c4ccc(F)cc4)c3n2)cc1. The van der Waals surface area contributed by atoms with Crippen molar-refractivity contribution in [1.29, 1.82) is 0 Å². The second-order valence-corrected chi connectivity index (χ2v) is 11.8. The molecule has 0 spiro atoms. The lowest BCUT2D eigenvalue weighted by atomic mass is 10.1. The normalized spacial score (nSPS) is 18.6. The maximum atomic E-state index is 13.8. The van der Waals surface area contributed by atoms with E-state index in [1.165, 1.54) is 23.3 Å². The summed E-state index contributed by atoms with van der Waals surface area (Å²) >= 11 is 0. The standard InChI is InChI=1S/C35H35FN6O/c1-23-9-11-25(12-10-23)21-31-37-33(32-24(2)39-42(34(32)38-31)28-15-13-27(36)14-16-28)40-17-6-18-41(20-19-40)35(43)30-22-29(30)26-7-4-3-5-8-26/h3-5,7-16,29-30H,6,17-22H2,1-2H3/t29-,30?/m0/s1. The number of hydrogen-bond acceptors (Lipinski definition) is 5. The van der Waals surface area contributed by atoms with Crippen LogP contribution in [-0.2, 0) is 11.2 Å². The van der Waals surface area contributed by atoms with Crippen molar-refractivity contribution in [2.24, 2.45) is 5.92 Å². The molecule has 1 aliphatic carbocycles. The van der Waals surface area contributed by atoms with Crippen LogP contribution >= 0.6 is 0 Å². The molecule has 1 unspecified atom stereocenters. The van der Waals surface area contributed by atoms with E-state index in [9.17, 15) is 9.18 Å². The van der Waals surface area contributed by atoms with Crippen LogP contribution in [0.1, 0.15) is 47.0 Å². The zero-order valence-corrected chi connectivity index (χ0v) is 24.6. The van der Waals surface area contributed by atoms with Crippen LogP contribution in [0.2, 0.25) is 0 Å². The Morgan fingerprint density at radius 2 is 1.65 bits per heavy atom. The zero-order valence-electron chi connectivity index (χ0n) is 24.6. The topological polar surface area (TPSA) is 67.2 Å². The molecule has 5 aromatic rings. The molecule has 0 N–H and O–H groups in total. The predicted octanol–water partition coefficient (Wildman–Crippen LogP) is 6.00. The number of benzene rings is 3. The molecule has 3 heterocycles. The molecule has 8 heteroatoms. The lowest BCUT2D eigenvalue weighted by molar-refractivity contribution is -0.132. The molecule has 43 heavy (non-hydrogen) atoms. The Morgan fingerprint density at radius 3 is 2.42 bits per heavy atom. The quantitative estimate of drug-likeness (QED) is 0.249. The minimum Gasteiger partial charge on any atom is -0.354 e. The Balaban J connectivity index is 1.20. The van der Waals surface area contributed by atoms with Crippen molar-refractivity contribution in [3.8, 4) is 5.69 Å². The highest BCUT2D eigenvalue weighted by Gasteiger charge is 2.45. The van der Waals surface area contributed by atoms with Crippen molar-refractivity contribution in [3.63, 3.8) is 0 Å². The molecular formula is C35H35FN6O. The Kier molecular flexibility index (Phi) is 7.13. The number of anilines is 1.